The van der Waals surface area contributed by atoms with Gasteiger partial charge in [0, 0.05) is 12.7 Å². The second kappa shape index (κ2) is 6.99. The van der Waals surface area contributed by atoms with E-state index in [1.165, 1.54) is 15.8 Å². The van der Waals surface area contributed by atoms with Gasteiger partial charge in [0.15, 0.2) is 11.9 Å². The number of nitrogens with zero attached hydrogens (tertiary/aromatic N) is 4. The van der Waals surface area contributed by atoms with Crippen LogP contribution in [0.5, 0.6) is 0 Å². The van der Waals surface area contributed by atoms with Gasteiger partial charge in [-0.2, -0.15) is 18.3 Å². The van der Waals surface area contributed by atoms with Crippen molar-refractivity contribution in [3.05, 3.63) is 41.3 Å². The van der Waals surface area contributed by atoms with Crippen LogP contribution in [0.1, 0.15) is 21.6 Å². The molecule has 1 aliphatic rings. The van der Waals surface area contributed by atoms with Gasteiger partial charge in [-0.3, -0.25) is 4.79 Å². The minimum atomic E-state index is -4.50. The van der Waals surface area contributed by atoms with Gasteiger partial charge in [-0.15, -0.1) is 0 Å². The summed E-state index contributed by atoms with van der Waals surface area (Å²) in [5.41, 5.74) is -0.297. The fourth-order valence-electron chi connectivity index (χ4n) is 2.68. The lowest BCUT2D eigenvalue weighted by Gasteiger charge is -2.30. The Morgan fingerprint density at radius 1 is 1.30 bits per heavy atom. The first-order chi connectivity index (χ1) is 12.7. The molecule has 1 N–H and O–H groups in total. The number of carbonyl (C=O) groups is 2. The van der Waals surface area contributed by atoms with Crippen molar-refractivity contribution in [2.75, 3.05) is 19.7 Å². The van der Waals surface area contributed by atoms with Crippen molar-refractivity contribution in [2.45, 2.75) is 19.2 Å². The van der Waals surface area contributed by atoms with E-state index in [2.05, 4.69) is 10.1 Å². The molecule has 27 heavy (non-hydrogen) atoms. The highest BCUT2D eigenvalue weighted by Gasteiger charge is 2.32. The summed E-state index contributed by atoms with van der Waals surface area (Å²) < 4.78 is 44.3. The number of halogens is 3. The maximum Gasteiger partial charge on any atom is 0.417 e. The Bertz CT molecular complexity index is 864. The molecule has 0 saturated carbocycles. The first-order valence-electron chi connectivity index (χ1n) is 7.90. The van der Waals surface area contributed by atoms with Crippen molar-refractivity contribution in [3.8, 4) is 5.82 Å². The van der Waals surface area contributed by atoms with Gasteiger partial charge in [0.05, 0.1) is 36.2 Å². The fourth-order valence-corrected chi connectivity index (χ4v) is 2.68. The largest absolute Gasteiger partial charge is 0.479 e. The van der Waals surface area contributed by atoms with Crippen LogP contribution in [0.25, 0.3) is 5.82 Å². The van der Waals surface area contributed by atoms with Gasteiger partial charge in [-0.05, 0) is 19.1 Å². The van der Waals surface area contributed by atoms with Crippen molar-refractivity contribution in [2.24, 2.45) is 0 Å². The summed E-state index contributed by atoms with van der Waals surface area (Å²) >= 11 is 0. The lowest BCUT2D eigenvalue weighted by Crippen LogP contribution is -2.48. The Hall–Kier alpha value is -2.95. The number of pyridine rings is 1. The number of aliphatic carboxylic acids is 1. The van der Waals surface area contributed by atoms with Gasteiger partial charge in [0.25, 0.3) is 5.91 Å². The molecule has 3 rings (SSSR count). The third-order valence-corrected chi connectivity index (χ3v) is 4.16. The zero-order valence-electron chi connectivity index (χ0n) is 14.1. The summed E-state index contributed by atoms with van der Waals surface area (Å²) in [6.45, 7) is 1.80. The fraction of sp³-hybridized carbons (Fsp3) is 0.375. The molecule has 2 aromatic heterocycles. The van der Waals surface area contributed by atoms with E-state index in [0.717, 1.165) is 12.1 Å². The number of hydrogen-bond donors (Lipinski definition) is 1. The van der Waals surface area contributed by atoms with Crippen LogP contribution in [0, 0.1) is 6.92 Å². The van der Waals surface area contributed by atoms with Crippen LogP contribution < -0.4 is 0 Å². The third-order valence-electron chi connectivity index (χ3n) is 4.16. The number of aromatic nitrogens is 3. The molecule has 8 nitrogen and oxygen atoms in total. The minimum Gasteiger partial charge on any atom is -0.479 e. The summed E-state index contributed by atoms with van der Waals surface area (Å²) in [6, 6.07) is 2.04. The van der Waals surface area contributed by atoms with E-state index in [4.69, 9.17) is 9.84 Å². The number of carboxylic acid groups (broad SMARTS) is 1. The lowest BCUT2D eigenvalue weighted by atomic mass is 10.2. The monoisotopic (exact) mass is 384 g/mol. The van der Waals surface area contributed by atoms with Crippen molar-refractivity contribution in [1.82, 2.24) is 19.7 Å². The van der Waals surface area contributed by atoms with E-state index in [9.17, 15) is 22.8 Å². The van der Waals surface area contributed by atoms with Crippen LogP contribution in [0.3, 0.4) is 0 Å². The van der Waals surface area contributed by atoms with Gasteiger partial charge in [-0.1, -0.05) is 0 Å². The number of amides is 1. The molecule has 1 saturated heterocycles. The van der Waals surface area contributed by atoms with Gasteiger partial charge < -0.3 is 14.7 Å². The first kappa shape index (κ1) is 18.8. The smallest absolute Gasteiger partial charge is 0.417 e. The third kappa shape index (κ3) is 3.77. The molecule has 2 aromatic rings. The van der Waals surface area contributed by atoms with E-state index < -0.39 is 29.7 Å². The number of alkyl halides is 3. The molecule has 11 heteroatoms. The molecule has 0 spiro atoms. The predicted octanol–water partition coefficient (Wildman–Crippen LogP) is 1.52. The molecule has 0 radical (unpaired) electrons. The normalized spacial score (nSPS) is 17.8. The molecular weight excluding hydrogens is 369 g/mol. The Labute approximate surface area is 151 Å². The summed E-state index contributed by atoms with van der Waals surface area (Å²) in [5, 5.41) is 13.1. The van der Waals surface area contributed by atoms with Gasteiger partial charge in [0.2, 0.25) is 0 Å². The number of rotatable bonds is 3. The van der Waals surface area contributed by atoms with E-state index in [1.807, 2.05) is 0 Å². The standard InChI is InChI=1S/C16H15F3N4O4/c1-9-11(14(24)22-4-5-27-12(8-22)15(25)26)7-21-23(9)13-3-2-10(6-20-13)16(17,18)19/h2-3,6-7,12H,4-5,8H2,1H3,(H,25,26). The Morgan fingerprint density at radius 2 is 2.04 bits per heavy atom. The minimum absolute atomic E-state index is 0.0936. The second-order valence-corrected chi connectivity index (χ2v) is 5.91. The molecular formula is C16H15F3N4O4. The molecule has 0 aromatic carbocycles. The quantitative estimate of drug-likeness (QED) is 0.862. The van der Waals surface area contributed by atoms with Crippen LogP contribution in [-0.4, -0.2) is 62.4 Å². The highest BCUT2D eigenvalue weighted by atomic mass is 19.4. The molecule has 1 atom stereocenters. The molecule has 144 valence electrons. The summed E-state index contributed by atoms with van der Waals surface area (Å²) in [5.74, 6) is -1.46. The molecule has 1 unspecified atom stereocenters. The molecule has 1 amide bonds. The van der Waals surface area contributed by atoms with Crippen molar-refractivity contribution in [3.63, 3.8) is 0 Å². The zero-order chi connectivity index (χ0) is 19.8. The van der Waals surface area contributed by atoms with E-state index in [1.54, 1.807) is 6.92 Å². The van der Waals surface area contributed by atoms with Crippen molar-refractivity contribution >= 4 is 11.9 Å². The number of carbonyl (C=O) groups excluding carboxylic acids is 1. The van der Waals surface area contributed by atoms with Crippen LogP contribution >= 0.6 is 0 Å². The highest BCUT2D eigenvalue weighted by Crippen LogP contribution is 2.29. The molecule has 0 bridgehead atoms. The summed E-state index contributed by atoms with van der Waals surface area (Å²) in [7, 11) is 0. The number of hydrogen-bond acceptors (Lipinski definition) is 5. The molecule has 0 aliphatic carbocycles. The molecule has 3 heterocycles. The van der Waals surface area contributed by atoms with Crippen LogP contribution in [0.15, 0.2) is 24.5 Å². The summed E-state index contributed by atoms with van der Waals surface area (Å²) in [4.78, 5) is 28.8. The van der Waals surface area contributed by atoms with E-state index in [-0.39, 0.29) is 31.1 Å². The number of morpholine rings is 1. The van der Waals surface area contributed by atoms with Gasteiger partial charge in [-0.25, -0.2) is 14.5 Å². The number of ether oxygens (including phenoxy) is 1. The van der Waals surface area contributed by atoms with Crippen LogP contribution in [-0.2, 0) is 15.7 Å². The van der Waals surface area contributed by atoms with Crippen LogP contribution in [0.2, 0.25) is 0 Å². The lowest BCUT2D eigenvalue weighted by molar-refractivity contribution is -0.154. The molecule has 1 fully saturated rings. The Kier molecular flexibility index (Phi) is 4.87. The maximum absolute atomic E-state index is 12.7. The van der Waals surface area contributed by atoms with Crippen molar-refractivity contribution < 1.29 is 32.6 Å². The second-order valence-electron chi connectivity index (χ2n) is 5.91. The van der Waals surface area contributed by atoms with Crippen LogP contribution in [0.4, 0.5) is 13.2 Å². The Morgan fingerprint density at radius 3 is 2.63 bits per heavy atom. The zero-order valence-corrected chi connectivity index (χ0v) is 14.1. The topological polar surface area (TPSA) is 97.5 Å². The number of carboxylic acids is 1. The molecule has 1 aliphatic heterocycles. The average molecular weight is 384 g/mol. The van der Waals surface area contributed by atoms with Crippen molar-refractivity contribution in [1.29, 1.82) is 0 Å². The van der Waals surface area contributed by atoms with Gasteiger partial charge in [0.1, 0.15) is 0 Å². The average Bonchev–Trinajstić information content (AvgIpc) is 3.02. The maximum atomic E-state index is 12.7. The van der Waals surface area contributed by atoms with E-state index in [0.29, 0.717) is 11.9 Å². The highest BCUT2D eigenvalue weighted by molar-refractivity contribution is 5.95. The predicted molar refractivity (Wildman–Crippen MR) is 84.4 cm³/mol. The first-order valence-corrected chi connectivity index (χ1v) is 7.90. The summed E-state index contributed by atoms with van der Waals surface area (Å²) in [6.07, 6.45) is -3.63. The van der Waals surface area contributed by atoms with E-state index >= 15 is 0 Å². The SMILES string of the molecule is Cc1c(C(=O)N2CCOC(C(=O)O)C2)cnn1-c1ccc(C(F)(F)F)cn1. The Balaban J connectivity index is 1.82. The van der Waals surface area contributed by atoms with Gasteiger partial charge >= 0.3 is 12.1 Å².